The van der Waals surface area contributed by atoms with Crippen LogP contribution in [0.5, 0.6) is 11.5 Å². The summed E-state index contributed by atoms with van der Waals surface area (Å²) in [5.74, 6) is -0.232. The molecule has 0 bridgehead atoms. The van der Waals surface area contributed by atoms with Gasteiger partial charge >= 0.3 is 6.18 Å². The van der Waals surface area contributed by atoms with Crippen molar-refractivity contribution in [2.75, 3.05) is 12.4 Å². The number of nitrogens with zero attached hydrogens (tertiary/aromatic N) is 2. The average Bonchev–Trinajstić information content (AvgIpc) is 3.16. The van der Waals surface area contributed by atoms with Crippen LogP contribution in [0.4, 0.5) is 24.0 Å². The first kappa shape index (κ1) is 23.5. The Balaban J connectivity index is 1.57. The number of phenolic OH excluding ortho intramolecular Hbond substituents is 1. The average molecular weight is 529 g/mol. The van der Waals surface area contributed by atoms with Crippen molar-refractivity contribution < 1.29 is 27.8 Å². The van der Waals surface area contributed by atoms with Crippen LogP contribution in [0.1, 0.15) is 16.8 Å². The van der Waals surface area contributed by atoms with Crippen LogP contribution in [-0.4, -0.2) is 29.3 Å². The van der Waals surface area contributed by atoms with Crippen molar-refractivity contribution in [3.63, 3.8) is 0 Å². The number of halogens is 4. The quantitative estimate of drug-likeness (QED) is 0.293. The summed E-state index contributed by atoms with van der Waals surface area (Å²) < 4.78 is 43.9. The van der Waals surface area contributed by atoms with Gasteiger partial charge in [-0.2, -0.15) is 18.3 Å². The Morgan fingerprint density at radius 2 is 2.12 bits per heavy atom. The summed E-state index contributed by atoms with van der Waals surface area (Å²) in [4.78, 5) is 16.3. The van der Waals surface area contributed by atoms with Gasteiger partial charge in [0.15, 0.2) is 16.6 Å². The summed E-state index contributed by atoms with van der Waals surface area (Å²) in [7, 11) is 1.41. The van der Waals surface area contributed by atoms with E-state index in [2.05, 4.69) is 36.8 Å². The van der Waals surface area contributed by atoms with Crippen LogP contribution in [-0.2, 0) is 17.4 Å². The molecule has 32 heavy (non-hydrogen) atoms. The number of nitrogens with one attached hydrogen (secondary N) is 2. The zero-order chi connectivity index (χ0) is 23.3. The molecule has 0 aliphatic heterocycles. The van der Waals surface area contributed by atoms with Gasteiger partial charge in [-0.25, -0.2) is 10.4 Å². The SMILES string of the molecule is COc1cc(/C=N\NC(=O)Cc2csc(Nc3cccc(C(F)(F)F)c3)n2)cc(Br)c1O. The highest BCUT2D eigenvalue weighted by Crippen LogP contribution is 2.35. The first-order valence-corrected chi connectivity index (χ1v) is 10.6. The minimum absolute atomic E-state index is 0.0493. The van der Waals surface area contributed by atoms with Gasteiger partial charge in [-0.05, 0) is 51.8 Å². The van der Waals surface area contributed by atoms with Crippen molar-refractivity contribution in [2.45, 2.75) is 12.6 Å². The van der Waals surface area contributed by atoms with Gasteiger partial charge in [-0.15, -0.1) is 11.3 Å². The van der Waals surface area contributed by atoms with Crippen LogP contribution in [0.3, 0.4) is 0 Å². The van der Waals surface area contributed by atoms with Crippen LogP contribution in [0.2, 0.25) is 0 Å². The van der Waals surface area contributed by atoms with Crippen molar-refractivity contribution >= 4 is 50.2 Å². The molecule has 0 saturated heterocycles. The molecule has 3 aromatic rings. The molecule has 0 aliphatic carbocycles. The number of carbonyl (C=O) groups is 1. The minimum Gasteiger partial charge on any atom is -0.503 e. The number of thiazole rings is 1. The molecule has 3 N–H and O–H groups in total. The van der Waals surface area contributed by atoms with Gasteiger partial charge in [0.05, 0.1) is 35.5 Å². The highest BCUT2D eigenvalue weighted by molar-refractivity contribution is 9.10. The number of amides is 1. The van der Waals surface area contributed by atoms with Gasteiger partial charge in [0.2, 0.25) is 5.91 Å². The van der Waals surface area contributed by atoms with E-state index in [1.54, 1.807) is 17.5 Å². The van der Waals surface area contributed by atoms with Gasteiger partial charge < -0.3 is 15.2 Å². The van der Waals surface area contributed by atoms with Crippen LogP contribution in [0.25, 0.3) is 0 Å². The van der Waals surface area contributed by atoms with Gasteiger partial charge in [0.1, 0.15) is 0 Å². The third kappa shape index (κ3) is 6.20. The predicted octanol–water partition coefficient (Wildman–Crippen LogP) is 5.08. The molecular weight excluding hydrogens is 513 g/mol. The second-order valence-electron chi connectivity index (χ2n) is 6.37. The Kier molecular flexibility index (Phi) is 7.36. The van der Waals surface area contributed by atoms with Crippen LogP contribution in [0.15, 0.2) is 51.4 Å². The van der Waals surface area contributed by atoms with E-state index in [4.69, 9.17) is 4.74 Å². The maximum atomic E-state index is 12.8. The maximum absolute atomic E-state index is 12.8. The minimum atomic E-state index is -4.44. The van der Waals surface area contributed by atoms with Crippen molar-refractivity contribution in [1.29, 1.82) is 0 Å². The fourth-order valence-electron chi connectivity index (χ4n) is 2.55. The lowest BCUT2D eigenvalue weighted by Crippen LogP contribution is -2.19. The number of benzene rings is 2. The zero-order valence-corrected chi connectivity index (χ0v) is 18.8. The molecule has 0 saturated carbocycles. The fourth-order valence-corrected chi connectivity index (χ4v) is 3.74. The maximum Gasteiger partial charge on any atom is 0.416 e. The summed E-state index contributed by atoms with van der Waals surface area (Å²) in [5.41, 5.74) is 2.85. The lowest BCUT2D eigenvalue weighted by atomic mass is 10.2. The summed E-state index contributed by atoms with van der Waals surface area (Å²) in [6.07, 6.45) is -3.13. The van der Waals surface area contributed by atoms with E-state index in [0.717, 1.165) is 23.5 Å². The van der Waals surface area contributed by atoms with Gasteiger partial charge in [0, 0.05) is 11.1 Å². The van der Waals surface area contributed by atoms with E-state index in [-0.39, 0.29) is 23.6 Å². The number of anilines is 2. The number of hydrogen-bond donors (Lipinski definition) is 3. The van der Waals surface area contributed by atoms with E-state index in [0.29, 0.717) is 20.9 Å². The van der Waals surface area contributed by atoms with E-state index in [1.807, 2.05) is 0 Å². The van der Waals surface area contributed by atoms with E-state index >= 15 is 0 Å². The molecule has 1 amide bonds. The third-order valence-corrected chi connectivity index (χ3v) is 5.42. The molecule has 0 spiro atoms. The molecule has 0 radical (unpaired) electrons. The molecule has 7 nitrogen and oxygen atoms in total. The summed E-state index contributed by atoms with van der Waals surface area (Å²) in [6.45, 7) is 0. The van der Waals surface area contributed by atoms with Gasteiger partial charge in [0.25, 0.3) is 0 Å². The number of ether oxygens (including phenoxy) is 1. The van der Waals surface area contributed by atoms with Crippen molar-refractivity contribution in [1.82, 2.24) is 10.4 Å². The Bertz CT molecular complexity index is 1150. The Morgan fingerprint density at radius 1 is 1.34 bits per heavy atom. The Labute approximate surface area is 193 Å². The third-order valence-electron chi connectivity index (χ3n) is 4.01. The fraction of sp³-hybridized carbons (Fsp3) is 0.150. The number of alkyl halides is 3. The largest absolute Gasteiger partial charge is 0.503 e. The number of methoxy groups -OCH3 is 1. The summed E-state index contributed by atoms with van der Waals surface area (Å²) in [6, 6.07) is 7.90. The van der Waals surface area contributed by atoms with E-state index in [1.165, 1.54) is 25.5 Å². The Hall–Kier alpha value is -3.12. The van der Waals surface area contributed by atoms with Gasteiger partial charge in [-0.3, -0.25) is 4.79 Å². The number of phenols is 1. The van der Waals surface area contributed by atoms with E-state index < -0.39 is 17.6 Å². The van der Waals surface area contributed by atoms with Gasteiger partial charge in [-0.1, -0.05) is 6.07 Å². The van der Waals surface area contributed by atoms with Crippen LogP contribution < -0.4 is 15.5 Å². The smallest absolute Gasteiger partial charge is 0.416 e. The molecular formula is C20H16BrF3N4O3S. The first-order valence-electron chi connectivity index (χ1n) is 8.93. The van der Waals surface area contributed by atoms with Crippen LogP contribution in [0, 0.1) is 0 Å². The first-order chi connectivity index (χ1) is 15.2. The van der Waals surface area contributed by atoms with Crippen LogP contribution >= 0.6 is 27.3 Å². The Morgan fingerprint density at radius 3 is 2.84 bits per heavy atom. The number of aromatic nitrogens is 1. The lowest BCUT2D eigenvalue weighted by Gasteiger charge is -2.08. The molecule has 1 heterocycles. The molecule has 0 atom stereocenters. The summed E-state index contributed by atoms with van der Waals surface area (Å²) in [5, 5.41) is 18.4. The lowest BCUT2D eigenvalue weighted by molar-refractivity contribution is -0.137. The molecule has 1 aromatic heterocycles. The predicted molar refractivity (Wildman–Crippen MR) is 119 cm³/mol. The van der Waals surface area contributed by atoms with Crippen molar-refractivity contribution in [2.24, 2.45) is 5.10 Å². The molecule has 3 rings (SSSR count). The number of hydrazone groups is 1. The number of rotatable bonds is 7. The second kappa shape index (κ2) is 10.0. The second-order valence-corrected chi connectivity index (χ2v) is 8.08. The highest BCUT2D eigenvalue weighted by atomic mass is 79.9. The molecule has 2 aromatic carbocycles. The van der Waals surface area contributed by atoms with E-state index in [9.17, 15) is 23.1 Å². The molecule has 168 valence electrons. The molecule has 0 fully saturated rings. The normalized spacial score (nSPS) is 11.5. The van der Waals surface area contributed by atoms with Crippen molar-refractivity contribution in [3.8, 4) is 11.5 Å². The van der Waals surface area contributed by atoms with Crippen molar-refractivity contribution in [3.05, 3.63) is 63.1 Å². The number of aromatic hydroxyl groups is 1. The standard InChI is InChI=1S/C20H16BrF3N4O3S/c1-31-16-6-11(5-15(21)18(16)30)9-25-28-17(29)8-14-10-32-19(27-14)26-13-4-2-3-12(7-13)20(22,23)24/h2-7,9-10,30H,8H2,1H3,(H,26,27)(H,28,29)/b25-9-. The topological polar surface area (TPSA) is 95.8 Å². The molecule has 0 aliphatic rings. The summed E-state index contributed by atoms with van der Waals surface area (Å²) >= 11 is 4.36. The zero-order valence-electron chi connectivity index (χ0n) is 16.4. The molecule has 12 heteroatoms. The number of hydrogen-bond acceptors (Lipinski definition) is 7. The monoisotopic (exact) mass is 528 g/mol. The number of carbonyl (C=O) groups excluding carboxylic acids is 1. The highest BCUT2D eigenvalue weighted by Gasteiger charge is 2.30. The molecule has 0 unspecified atom stereocenters.